The summed E-state index contributed by atoms with van der Waals surface area (Å²) in [7, 11) is 0. The lowest BCUT2D eigenvalue weighted by Gasteiger charge is -2.20. The fraction of sp³-hybridized carbons (Fsp3) is 0.562. The van der Waals surface area contributed by atoms with Crippen molar-refractivity contribution in [2.24, 2.45) is 0 Å². The van der Waals surface area contributed by atoms with E-state index in [4.69, 9.17) is 5.11 Å². The lowest BCUT2D eigenvalue weighted by molar-refractivity contribution is -0.139. The normalized spacial score (nSPS) is 15.5. The summed E-state index contributed by atoms with van der Waals surface area (Å²) in [6.07, 6.45) is -3.01. The highest BCUT2D eigenvalue weighted by Gasteiger charge is 2.29. The van der Waals surface area contributed by atoms with Crippen molar-refractivity contribution in [2.45, 2.75) is 51.4 Å². The van der Waals surface area contributed by atoms with E-state index in [1.807, 2.05) is 25.1 Å². The highest BCUT2D eigenvalue weighted by atomic mass is 16.4. The van der Waals surface area contributed by atoms with Gasteiger partial charge < -0.3 is 20.4 Å². The number of aryl methyl sites for hydroxylation is 2. The van der Waals surface area contributed by atoms with Gasteiger partial charge in [-0.15, -0.1) is 0 Å². The minimum absolute atomic E-state index is 0.0205. The molecule has 0 aliphatic rings. The highest BCUT2D eigenvalue weighted by molar-refractivity contribution is 5.85. The topological polar surface area (TPSA) is 98.0 Å². The van der Waals surface area contributed by atoms with Crippen LogP contribution in [0.2, 0.25) is 0 Å². The maximum atomic E-state index is 11.9. The highest BCUT2D eigenvalue weighted by Crippen LogP contribution is 2.15. The lowest BCUT2D eigenvalue weighted by atomic mass is 9.95. The summed E-state index contributed by atoms with van der Waals surface area (Å²) in [5.41, 5.74) is 3.08. The summed E-state index contributed by atoms with van der Waals surface area (Å²) in [6, 6.07) is 5.67. The van der Waals surface area contributed by atoms with E-state index in [9.17, 15) is 20.1 Å². The Morgan fingerprint density at radius 1 is 1.24 bits per heavy atom. The van der Waals surface area contributed by atoms with E-state index in [0.717, 1.165) is 29.5 Å². The molecule has 118 valence electrons. The van der Waals surface area contributed by atoms with Crippen molar-refractivity contribution >= 4 is 5.78 Å². The Morgan fingerprint density at radius 2 is 1.90 bits per heavy atom. The molecular weight excluding hydrogens is 272 g/mol. The third-order valence-electron chi connectivity index (χ3n) is 3.55. The minimum Gasteiger partial charge on any atom is -0.394 e. The number of rotatable bonds is 8. The van der Waals surface area contributed by atoms with E-state index in [1.54, 1.807) is 0 Å². The molecule has 1 aromatic rings. The number of benzene rings is 1. The first-order chi connectivity index (χ1) is 9.90. The Hall–Kier alpha value is -1.27. The number of carbonyl (C=O) groups is 1. The Labute approximate surface area is 124 Å². The van der Waals surface area contributed by atoms with E-state index in [2.05, 4.69) is 6.92 Å². The van der Waals surface area contributed by atoms with Gasteiger partial charge in [-0.05, 0) is 30.0 Å². The van der Waals surface area contributed by atoms with Gasteiger partial charge >= 0.3 is 0 Å². The molecule has 1 rings (SSSR count). The minimum atomic E-state index is -1.71. The van der Waals surface area contributed by atoms with Gasteiger partial charge in [0.25, 0.3) is 0 Å². The molecule has 0 spiro atoms. The van der Waals surface area contributed by atoms with E-state index in [0.29, 0.717) is 0 Å². The molecule has 0 amide bonds. The molecule has 0 radical (unpaired) electrons. The Morgan fingerprint density at radius 3 is 2.48 bits per heavy atom. The van der Waals surface area contributed by atoms with Crippen LogP contribution >= 0.6 is 0 Å². The number of Topliss-reactive ketones (excluding diaryl/α,β-unsaturated/α-hetero) is 1. The molecule has 0 fully saturated rings. The molecular formula is C16H24O5. The van der Waals surface area contributed by atoms with Crippen molar-refractivity contribution in [1.82, 2.24) is 0 Å². The van der Waals surface area contributed by atoms with Crippen LogP contribution in [0.4, 0.5) is 0 Å². The van der Waals surface area contributed by atoms with Gasteiger partial charge in [0.1, 0.15) is 18.3 Å². The first-order valence-electron chi connectivity index (χ1n) is 7.16. The molecule has 1 aromatic carbocycles. The zero-order valence-electron chi connectivity index (χ0n) is 12.5. The molecule has 0 saturated heterocycles. The molecule has 0 aliphatic carbocycles. The second kappa shape index (κ2) is 8.24. The first kappa shape index (κ1) is 17.8. The number of hydrogen-bond donors (Lipinski definition) is 4. The van der Waals surface area contributed by atoms with Gasteiger partial charge in [-0.1, -0.05) is 31.5 Å². The third kappa shape index (κ3) is 4.89. The fourth-order valence-electron chi connectivity index (χ4n) is 2.19. The maximum absolute atomic E-state index is 11.9. The zero-order valence-corrected chi connectivity index (χ0v) is 12.5. The predicted molar refractivity (Wildman–Crippen MR) is 79.0 cm³/mol. The smallest absolute Gasteiger partial charge is 0.168 e. The molecule has 3 atom stereocenters. The van der Waals surface area contributed by atoms with Crippen LogP contribution in [0, 0.1) is 6.92 Å². The number of ketones is 1. The Kier molecular flexibility index (Phi) is 6.98. The molecule has 0 saturated carbocycles. The average molecular weight is 296 g/mol. The van der Waals surface area contributed by atoms with Crippen molar-refractivity contribution in [1.29, 1.82) is 0 Å². The summed E-state index contributed by atoms with van der Waals surface area (Å²) < 4.78 is 0. The molecule has 4 N–H and O–H groups in total. The van der Waals surface area contributed by atoms with E-state index in [1.165, 1.54) is 0 Å². The zero-order chi connectivity index (χ0) is 16.0. The van der Waals surface area contributed by atoms with E-state index >= 15 is 0 Å². The molecule has 0 heterocycles. The molecule has 5 heteroatoms. The van der Waals surface area contributed by atoms with Crippen LogP contribution in [0.25, 0.3) is 0 Å². The van der Waals surface area contributed by atoms with E-state index in [-0.39, 0.29) is 6.42 Å². The van der Waals surface area contributed by atoms with Gasteiger partial charge in [0.2, 0.25) is 0 Å². The van der Waals surface area contributed by atoms with Gasteiger partial charge in [-0.3, -0.25) is 4.79 Å². The summed E-state index contributed by atoms with van der Waals surface area (Å²) in [5.74, 6) is -0.582. The summed E-state index contributed by atoms with van der Waals surface area (Å²) in [4.78, 5) is 11.9. The van der Waals surface area contributed by atoms with Crippen LogP contribution in [0.15, 0.2) is 18.2 Å². The monoisotopic (exact) mass is 296 g/mol. The van der Waals surface area contributed by atoms with Gasteiger partial charge in [0.15, 0.2) is 5.78 Å². The number of carbonyl (C=O) groups excluding carboxylic acids is 1. The lowest BCUT2D eigenvalue weighted by Crippen LogP contribution is -2.44. The van der Waals surface area contributed by atoms with Crippen LogP contribution in [0.5, 0.6) is 0 Å². The Balaban J connectivity index is 2.76. The van der Waals surface area contributed by atoms with Crippen LogP contribution in [0.3, 0.4) is 0 Å². The van der Waals surface area contributed by atoms with Crippen LogP contribution in [0.1, 0.15) is 30.0 Å². The van der Waals surface area contributed by atoms with Crippen molar-refractivity contribution in [3.8, 4) is 0 Å². The SMILES string of the molecule is CCCc1cc(CC(=O)[C@H](O)[C@@H](O)[C@H](O)CO)ccc1C. The second-order valence-corrected chi connectivity index (χ2v) is 5.34. The quantitative estimate of drug-likeness (QED) is 0.547. The molecule has 0 bridgehead atoms. The molecule has 5 nitrogen and oxygen atoms in total. The number of aliphatic hydroxyl groups excluding tert-OH is 4. The van der Waals surface area contributed by atoms with Crippen molar-refractivity contribution in [3.63, 3.8) is 0 Å². The fourth-order valence-corrected chi connectivity index (χ4v) is 2.19. The van der Waals surface area contributed by atoms with Gasteiger partial charge in [0, 0.05) is 6.42 Å². The Bertz CT molecular complexity index is 472. The third-order valence-corrected chi connectivity index (χ3v) is 3.55. The first-order valence-corrected chi connectivity index (χ1v) is 7.16. The number of hydrogen-bond acceptors (Lipinski definition) is 5. The van der Waals surface area contributed by atoms with Crippen LogP contribution in [-0.2, 0) is 17.6 Å². The maximum Gasteiger partial charge on any atom is 0.168 e. The standard InChI is InChI=1S/C16H24O5/c1-3-4-12-7-11(6-5-10(12)2)8-13(18)15(20)16(21)14(19)9-17/h5-7,14-17,19-21H,3-4,8-9H2,1-2H3/t14-,15+,16+/m1/s1. The molecule has 0 aliphatic heterocycles. The van der Waals surface area contributed by atoms with Gasteiger partial charge in [0.05, 0.1) is 6.61 Å². The average Bonchev–Trinajstić information content (AvgIpc) is 2.48. The number of aliphatic hydroxyl groups is 4. The van der Waals surface area contributed by atoms with Gasteiger partial charge in [-0.2, -0.15) is 0 Å². The summed E-state index contributed by atoms with van der Waals surface area (Å²) in [5, 5.41) is 37.2. The van der Waals surface area contributed by atoms with Crippen LogP contribution in [-0.4, -0.2) is 51.1 Å². The largest absolute Gasteiger partial charge is 0.394 e. The summed E-state index contributed by atoms with van der Waals surface area (Å²) in [6.45, 7) is 3.37. The van der Waals surface area contributed by atoms with Crippen molar-refractivity contribution in [3.05, 3.63) is 34.9 Å². The second-order valence-electron chi connectivity index (χ2n) is 5.34. The van der Waals surface area contributed by atoms with Crippen LogP contribution < -0.4 is 0 Å². The van der Waals surface area contributed by atoms with Crippen molar-refractivity contribution < 1.29 is 25.2 Å². The van der Waals surface area contributed by atoms with E-state index < -0.39 is 30.7 Å². The predicted octanol–water partition coefficient (Wildman–Crippen LogP) is 0.134. The van der Waals surface area contributed by atoms with Crippen molar-refractivity contribution in [2.75, 3.05) is 6.61 Å². The molecule has 0 aromatic heterocycles. The molecule has 0 unspecified atom stereocenters. The summed E-state index contributed by atoms with van der Waals surface area (Å²) >= 11 is 0. The molecule has 21 heavy (non-hydrogen) atoms. The van der Waals surface area contributed by atoms with Gasteiger partial charge in [-0.25, -0.2) is 0 Å².